The average Bonchev–Trinajstić information content (AvgIpc) is 3.46. The van der Waals surface area contributed by atoms with Crippen LogP contribution in [-0.2, 0) is 13.6 Å². The van der Waals surface area contributed by atoms with Crippen LogP contribution in [0.15, 0.2) is 36.7 Å². The number of rotatable bonds is 6. The maximum atomic E-state index is 10.0. The highest BCUT2D eigenvalue weighted by Gasteiger charge is 2.24. The SMILES string of the molecule is Cc1nn(-c2ccnc(Nc3ccc4c(c3)c(Cl)c(C)n4C)n2)cc1CNC1CCC[C@@H]1O. The lowest BCUT2D eigenvalue weighted by Crippen LogP contribution is -2.35. The molecular formula is C24H28ClN7O. The fourth-order valence-corrected chi connectivity index (χ4v) is 4.76. The smallest absolute Gasteiger partial charge is 0.229 e. The summed E-state index contributed by atoms with van der Waals surface area (Å²) in [7, 11) is 2.01. The van der Waals surface area contributed by atoms with Crippen molar-refractivity contribution in [1.29, 1.82) is 0 Å². The molecule has 0 aliphatic heterocycles. The first-order valence-corrected chi connectivity index (χ1v) is 11.6. The predicted molar refractivity (Wildman–Crippen MR) is 130 cm³/mol. The second kappa shape index (κ2) is 8.78. The predicted octanol–water partition coefficient (Wildman–Crippen LogP) is 4.17. The summed E-state index contributed by atoms with van der Waals surface area (Å²) in [6.45, 7) is 4.66. The summed E-state index contributed by atoms with van der Waals surface area (Å²) in [4.78, 5) is 9.02. The highest BCUT2D eigenvalue weighted by molar-refractivity contribution is 6.36. The number of anilines is 2. The Labute approximate surface area is 197 Å². The zero-order chi connectivity index (χ0) is 23.1. The molecule has 1 fully saturated rings. The molecule has 5 rings (SSSR count). The van der Waals surface area contributed by atoms with Crippen LogP contribution in [0.4, 0.5) is 11.6 Å². The van der Waals surface area contributed by atoms with E-state index in [0.29, 0.717) is 18.3 Å². The van der Waals surface area contributed by atoms with Gasteiger partial charge in [-0.1, -0.05) is 11.6 Å². The Hall–Kier alpha value is -2.94. The largest absolute Gasteiger partial charge is 0.392 e. The molecule has 172 valence electrons. The minimum atomic E-state index is -0.259. The van der Waals surface area contributed by atoms with E-state index in [2.05, 4.69) is 30.3 Å². The van der Waals surface area contributed by atoms with E-state index in [1.807, 2.05) is 51.4 Å². The molecule has 0 saturated heterocycles. The van der Waals surface area contributed by atoms with E-state index in [-0.39, 0.29) is 12.1 Å². The summed E-state index contributed by atoms with van der Waals surface area (Å²) in [6.07, 6.45) is 6.38. The van der Waals surface area contributed by atoms with Gasteiger partial charge in [-0.15, -0.1) is 0 Å². The molecule has 0 spiro atoms. The summed E-state index contributed by atoms with van der Waals surface area (Å²) in [6, 6.07) is 8.03. The molecule has 3 heterocycles. The molecule has 1 aromatic carbocycles. The number of fused-ring (bicyclic) bond motifs is 1. The Morgan fingerprint density at radius 1 is 1.21 bits per heavy atom. The second-order valence-corrected chi connectivity index (χ2v) is 9.10. The van der Waals surface area contributed by atoms with Crippen LogP contribution in [0.1, 0.15) is 36.2 Å². The zero-order valence-corrected chi connectivity index (χ0v) is 19.8. The van der Waals surface area contributed by atoms with Crippen molar-refractivity contribution in [2.75, 3.05) is 5.32 Å². The normalized spacial score (nSPS) is 18.3. The number of aliphatic hydroxyl groups excluding tert-OH is 1. The molecule has 0 amide bonds. The average molecular weight is 466 g/mol. The molecule has 1 saturated carbocycles. The van der Waals surface area contributed by atoms with Crippen molar-refractivity contribution in [2.45, 2.75) is 51.8 Å². The fourth-order valence-electron chi connectivity index (χ4n) is 4.48. The first kappa shape index (κ1) is 21.9. The Balaban J connectivity index is 1.34. The molecule has 0 bridgehead atoms. The van der Waals surface area contributed by atoms with Gasteiger partial charge in [-0.2, -0.15) is 10.1 Å². The van der Waals surface area contributed by atoms with Gasteiger partial charge in [-0.05, 0) is 51.3 Å². The molecule has 3 aromatic heterocycles. The third kappa shape index (κ3) is 4.21. The summed E-state index contributed by atoms with van der Waals surface area (Å²) in [5, 5.41) is 23.2. The quantitative estimate of drug-likeness (QED) is 0.395. The van der Waals surface area contributed by atoms with Gasteiger partial charge >= 0.3 is 0 Å². The molecule has 1 aliphatic carbocycles. The van der Waals surface area contributed by atoms with Crippen LogP contribution < -0.4 is 10.6 Å². The van der Waals surface area contributed by atoms with Crippen molar-refractivity contribution in [3.8, 4) is 5.82 Å². The molecular weight excluding hydrogens is 438 g/mol. The highest BCUT2D eigenvalue weighted by atomic mass is 35.5. The minimum Gasteiger partial charge on any atom is -0.392 e. The van der Waals surface area contributed by atoms with Crippen LogP contribution in [0, 0.1) is 13.8 Å². The van der Waals surface area contributed by atoms with Gasteiger partial charge in [0.2, 0.25) is 5.95 Å². The third-order valence-corrected chi connectivity index (χ3v) is 7.06. The van der Waals surface area contributed by atoms with Gasteiger partial charge in [-0.3, -0.25) is 0 Å². The van der Waals surface area contributed by atoms with E-state index in [9.17, 15) is 5.11 Å². The monoisotopic (exact) mass is 465 g/mol. The number of benzene rings is 1. The molecule has 2 atom stereocenters. The number of aromatic nitrogens is 5. The first-order valence-electron chi connectivity index (χ1n) is 11.2. The van der Waals surface area contributed by atoms with Gasteiger partial charge < -0.3 is 20.3 Å². The second-order valence-electron chi connectivity index (χ2n) is 8.72. The van der Waals surface area contributed by atoms with Crippen LogP contribution in [0.2, 0.25) is 5.02 Å². The maximum Gasteiger partial charge on any atom is 0.229 e. The molecule has 4 aromatic rings. The lowest BCUT2D eigenvalue weighted by atomic mass is 10.2. The highest BCUT2D eigenvalue weighted by Crippen LogP contribution is 2.32. The number of aliphatic hydroxyl groups is 1. The molecule has 33 heavy (non-hydrogen) atoms. The Bertz CT molecular complexity index is 1310. The number of nitrogens with zero attached hydrogens (tertiary/aromatic N) is 5. The van der Waals surface area contributed by atoms with Crippen molar-refractivity contribution in [1.82, 2.24) is 29.6 Å². The summed E-state index contributed by atoms with van der Waals surface area (Å²) in [5.74, 6) is 1.16. The summed E-state index contributed by atoms with van der Waals surface area (Å²) < 4.78 is 3.85. The summed E-state index contributed by atoms with van der Waals surface area (Å²) in [5.41, 5.74) is 4.99. The Kier molecular flexibility index (Phi) is 5.82. The van der Waals surface area contributed by atoms with Crippen LogP contribution in [0.3, 0.4) is 0 Å². The van der Waals surface area contributed by atoms with Crippen molar-refractivity contribution in [2.24, 2.45) is 7.05 Å². The van der Waals surface area contributed by atoms with E-state index in [1.165, 1.54) is 0 Å². The number of nitrogens with one attached hydrogen (secondary N) is 2. The fraction of sp³-hybridized carbons (Fsp3) is 0.375. The lowest BCUT2D eigenvalue weighted by molar-refractivity contribution is 0.148. The number of aryl methyl sites for hydroxylation is 2. The van der Waals surface area contributed by atoms with Crippen molar-refractivity contribution in [3.63, 3.8) is 0 Å². The number of hydrogen-bond acceptors (Lipinski definition) is 6. The molecule has 9 heteroatoms. The minimum absolute atomic E-state index is 0.154. The van der Waals surface area contributed by atoms with Crippen molar-refractivity contribution in [3.05, 3.63) is 58.6 Å². The third-order valence-electron chi connectivity index (χ3n) is 6.58. The van der Waals surface area contributed by atoms with Gasteiger partial charge in [0.1, 0.15) is 0 Å². The van der Waals surface area contributed by atoms with Gasteiger partial charge in [-0.25, -0.2) is 9.67 Å². The standard InChI is InChI=1S/C24H28ClN7O/c1-14-16(12-27-19-5-4-6-21(19)33)13-32(30-14)22-9-10-26-24(29-22)28-17-7-8-20-18(11-17)23(25)15(2)31(20)3/h7-11,13,19,21,27,33H,4-6,12H2,1-3H3,(H,26,28,29)/t19?,21-/m0/s1. The van der Waals surface area contributed by atoms with Gasteiger partial charge in [0.25, 0.3) is 0 Å². The molecule has 3 N–H and O–H groups in total. The van der Waals surface area contributed by atoms with Crippen molar-refractivity contribution < 1.29 is 5.11 Å². The van der Waals surface area contributed by atoms with E-state index < -0.39 is 0 Å². The van der Waals surface area contributed by atoms with E-state index in [1.54, 1.807) is 10.9 Å². The van der Waals surface area contributed by atoms with Gasteiger partial charge in [0.05, 0.1) is 16.8 Å². The Morgan fingerprint density at radius 3 is 2.85 bits per heavy atom. The van der Waals surface area contributed by atoms with Crippen LogP contribution in [0.25, 0.3) is 16.7 Å². The van der Waals surface area contributed by atoms with E-state index in [4.69, 9.17) is 11.6 Å². The van der Waals surface area contributed by atoms with Gasteiger partial charge in [0.15, 0.2) is 5.82 Å². The van der Waals surface area contributed by atoms with Crippen LogP contribution >= 0.6 is 11.6 Å². The van der Waals surface area contributed by atoms with Crippen molar-refractivity contribution >= 4 is 34.1 Å². The summed E-state index contributed by atoms with van der Waals surface area (Å²) >= 11 is 6.51. The molecule has 1 unspecified atom stereocenters. The topological polar surface area (TPSA) is 92.8 Å². The lowest BCUT2D eigenvalue weighted by Gasteiger charge is -2.15. The molecule has 1 aliphatic rings. The first-order chi connectivity index (χ1) is 15.9. The van der Waals surface area contributed by atoms with Crippen LogP contribution in [-0.4, -0.2) is 41.6 Å². The Morgan fingerprint density at radius 2 is 2.06 bits per heavy atom. The number of halogens is 1. The molecule has 8 nitrogen and oxygen atoms in total. The zero-order valence-electron chi connectivity index (χ0n) is 19.0. The number of hydrogen-bond donors (Lipinski definition) is 3. The maximum absolute atomic E-state index is 10.0. The van der Waals surface area contributed by atoms with Gasteiger partial charge in [0, 0.05) is 65.9 Å². The van der Waals surface area contributed by atoms with E-state index >= 15 is 0 Å². The van der Waals surface area contributed by atoms with E-state index in [0.717, 1.165) is 57.8 Å². The molecule has 0 radical (unpaired) electrons. The van der Waals surface area contributed by atoms with Crippen LogP contribution in [0.5, 0.6) is 0 Å².